The summed E-state index contributed by atoms with van der Waals surface area (Å²) in [6, 6.07) is 43.9. The van der Waals surface area contributed by atoms with Gasteiger partial charge in [-0.25, -0.2) is 4.98 Å². The van der Waals surface area contributed by atoms with Crippen LogP contribution in [0.5, 0.6) is 0 Å². The van der Waals surface area contributed by atoms with E-state index in [1.807, 2.05) is 0 Å². The Balaban J connectivity index is 1.35. The maximum absolute atomic E-state index is 6.80. The minimum Gasteiger partial charge on any atom is -0.436 e. The van der Waals surface area contributed by atoms with Crippen molar-refractivity contribution in [2.75, 3.05) is 9.80 Å². The number of oxazole rings is 1. The summed E-state index contributed by atoms with van der Waals surface area (Å²) < 4.78 is 6.80. The first-order valence-electron chi connectivity index (χ1n) is 22.6. The predicted molar refractivity (Wildman–Crippen MR) is 267 cm³/mol. The number of hydrogen-bond donors (Lipinski definition) is 0. The van der Waals surface area contributed by atoms with Gasteiger partial charge < -0.3 is 14.2 Å². The van der Waals surface area contributed by atoms with Crippen LogP contribution in [0.25, 0.3) is 22.6 Å². The second-order valence-corrected chi connectivity index (χ2v) is 23.1. The van der Waals surface area contributed by atoms with Crippen LogP contribution in [-0.2, 0) is 27.1 Å². The maximum Gasteiger partial charge on any atom is 0.252 e. The SMILES string of the molecule is CC(C)(C)c1ccc(-c2nc3cc4c(cc3o2)B2c3cc(C(C)(C)C)ccc3N(c3ccc(C(C)(C)C)cc3)c3cccc(c32)N4c2cc(C(C)(C)C)cc(C(C)(C)C)c2)cc1. The molecule has 62 heavy (non-hydrogen) atoms. The molecule has 0 aliphatic carbocycles. The minimum atomic E-state index is -0.0564. The van der Waals surface area contributed by atoms with Gasteiger partial charge in [0.05, 0.1) is 0 Å². The van der Waals surface area contributed by atoms with Crippen LogP contribution in [0.15, 0.2) is 120 Å². The molecule has 0 saturated carbocycles. The molecule has 7 aromatic rings. The van der Waals surface area contributed by atoms with Gasteiger partial charge in [0.2, 0.25) is 5.89 Å². The van der Waals surface area contributed by atoms with Gasteiger partial charge in [-0.1, -0.05) is 152 Å². The zero-order valence-corrected chi connectivity index (χ0v) is 39.8. The van der Waals surface area contributed by atoms with Gasteiger partial charge in [0, 0.05) is 39.7 Å². The van der Waals surface area contributed by atoms with Crippen LogP contribution >= 0.6 is 0 Å². The van der Waals surface area contributed by atoms with Crippen LogP contribution in [-0.4, -0.2) is 11.7 Å². The molecule has 0 spiro atoms. The molecule has 0 bridgehead atoms. The largest absolute Gasteiger partial charge is 0.436 e. The highest BCUT2D eigenvalue weighted by atomic mass is 16.3. The first-order chi connectivity index (χ1) is 28.9. The molecule has 5 heteroatoms. The van der Waals surface area contributed by atoms with Crippen LogP contribution in [0.2, 0.25) is 0 Å². The molecule has 0 atom stereocenters. The van der Waals surface area contributed by atoms with E-state index in [0.717, 1.165) is 33.7 Å². The summed E-state index contributed by atoms with van der Waals surface area (Å²) in [5, 5.41) is 0. The topological polar surface area (TPSA) is 32.5 Å². The van der Waals surface area contributed by atoms with Gasteiger partial charge >= 0.3 is 0 Å². The van der Waals surface area contributed by atoms with E-state index >= 15 is 0 Å². The quantitative estimate of drug-likeness (QED) is 0.166. The van der Waals surface area contributed by atoms with Crippen molar-refractivity contribution in [2.24, 2.45) is 0 Å². The van der Waals surface area contributed by atoms with Crippen LogP contribution in [0.3, 0.4) is 0 Å². The number of fused-ring (bicyclic) bond motifs is 5. The molecule has 2 aliphatic rings. The van der Waals surface area contributed by atoms with Gasteiger partial charge in [-0.3, -0.25) is 0 Å². The van der Waals surface area contributed by atoms with Crippen molar-refractivity contribution in [3.63, 3.8) is 0 Å². The molecular weight excluding hydrogens is 753 g/mol. The summed E-state index contributed by atoms with van der Waals surface area (Å²) in [4.78, 5) is 10.3. The van der Waals surface area contributed by atoms with Gasteiger partial charge in [0.25, 0.3) is 6.71 Å². The third-order valence-corrected chi connectivity index (χ3v) is 13.3. The van der Waals surface area contributed by atoms with Crippen molar-refractivity contribution in [3.8, 4) is 11.5 Å². The van der Waals surface area contributed by atoms with Crippen molar-refractivity contribution < 1.29 is 4.42 Å². The number of hydrogen-bond acceptors (Lipinski definition) is 4. The molecule has 2 aliphatic heterocycles. The van der Waals surface area contributed by atoms with Gasteiger partial charge in [-0.2, -0.15) is 0 Å². The summed E-state index contributed by atoms with van der Waals surface area (Å²) in [6.45, 7) is 34.4. The van der Waals surface area contributed by atoms with E-state index < -0.39 is 0 Å². The number of rotatable bonds is 3. The fraction of sp³-hybridized carbons (Fsp3) is 0.351. The van der Waals surface area contributed by atoms with Crippen LogP contribution in [0, 0.1) is 0 Å². The van der Waals surface area contributed by atoms with Gasteiger partial charge in [-0.15, -0.1) is 0 Å². The number of nitrogens with zero attached hydrogens (tertiary/aromatic N) is 3. The number of anilines is 6. The molecule has 0 saturated heterocycles. The van der Waals surface area contributed by atoms with Crippen molar-refractivity contribution in [1.29, 1.82) is 0 Å². The Morgan fingerprint density at radius 2 is 0.903 bits per heavy atom. The highest BCUT2D eigenvalue weighted by molar-refractivity contribution is 7.00. The second-order valence-electron chi connectivity index (χ2n) is 23.1. The first kappa shape index (κ1) is 41.8. The predicted octanol–water partition coefficient (Wildman–Crippen LogP) is 14.1. The Bertz CT molecular complexity index is 2830. The molecular formula is C57H64BN3O. The second kappa shape index (κ2) is 14.0. The van der Waals surface area contributed by atoms with Crippen LogP contribution < -0.4 is 26.2 Å². The number of aromatic nitrogens is 1. The van der Waals surface area contributed by atoms with E-state index in [0.29, 0.717) is 5.89 Å². The number of benzene rings is 6. The normalized spacial score (nSPS) is 14.3. The molecule has 1 aromatic heterocycles. The standard InChI is InChI=1S/C57H64BN3O/c1-53(2,3)36-21-19-35(20-22-36)52-59-45-34-49-44(33-50(45)62-52)58-43-32-38(55(7,8)9)25-28-46(43)60(41-26-23-37(24-27-41)54(4,5)6)47-17-16-18-48(51(47)58)61(49)42-30-39(56(10,11)12)29-40(31-42)57(13,14)15/h16-34H,1-15H3. The highest BCUT2D eigenvalue weighted by Crippen LogP contribution is 2.47. The summed E-state index contributed by atoms with van der Waals surface area (Å²) in [5.74, 6) is 0.640. The summed E-state index contributed by atoms with van der Waals surface area (Å²) in [5.41, 5.74) is 20.0. The smallest absolute Gasteiger partial charge is 0.252 e. The lowest BCUT2D eigenvalue weighted by Crippen LogP contribution is -2.61. The third-order valence-electron chi connectivity index (χ3n) is 13.3. The van der Waals surface area contributed by atoms with E-state index in [2.05, 4.69) is 229 Å². The summed E-state index contributed by atoms with van der Waals surface area (Å²) in [7, 11) is 0. The van der Waals surface area contributed by atoms with Gasteiger partial charge in [-0.05, 0) is 138 Å². The van der Waals surface area contributed by atoms with Crippen LogP contribution in [0.4, 0.5) is 34.1 Å². The summed E-state index contributed by atoms with van der Waals surface area (Å²) in [6.07, 6.45) is 0. The molecule has 0 fully saturated rings. The zero-order valence-electron chi connectivity index (χ0n) is 39.8. The average molecular weight is 818 g/mol. The molecule has 9 rings (SSSR count). The molecule has 6 aromatic carbocycles. The Hall–Kier alpha value is -5.55. The van der Waals surface area contributed by atoms with E-state index in [4.69, 9.17) is 9.40 Å². The Morgan fingerprint density at radius 3 is 1.44 bits per heavy atom. The van der Waals surface area contributed by atoms with E-state index in [1.54, 1.807) is 0 Å². The molecule has 0 radical (unpaired) electrons. The van der Waals surface area contributed by atoms with Crippen molar-refractivity contribution in [2.45, 2.75) is 131 Å². The van der Waals surface area contributed by atoms with Crippen molar-refractivity contribution >= 4 is 68.3 Å². The lowest BCUT2D eigenvalue weighted by Gasteiger charge is -2.44. The van der Waals surface area contributed by atoms with E-state index in [9.17, 15) is 0 Å². The third kappa shape index (κ3) is 7.16. The van der Waals surface area contributed by atoms with Crippen LogP contribution in [0.1, 0.15) is 132 Å². The van der Waals surface area contributed by atoms with Gasteiger partial charge in [0.15, 0.2) is 5.58 Å². The zero-order chi connectivity index (χ0) is 44.5. The average Bonchev–Trinajstić information content (AvgIpc) is 3.61. The Kier molecular flexibility index (Phi) is 9.42. The molecule has 4 nitrogen and oxygen atoms in total. The molecule has 316 valence electrons. The molecule has 0 unspecified atom stereocenters. The lowest BCUT2D eigenvalue weighted by molar-refractivity contribution is 0.568. The first-order valence-corrected chi connectivity index (χ1v) is 22.6. The molecule has 0 amide bonds. The lowest BCUT2D eigenvalue weighted by atomic mass is 9.33. The van der Waals surface area contributed by atoms with Gasteiger partial charge in [0.1, 0.15) is 5.52 Å². The Morgan fingerprint density at radius 1 is 0.419 bits per heavy atom. The Labute approximate surface area is 371 Å². The summed E-state index contributed by atoms with van der Waals surface area (Å²) >= 11 is 0. The minimum absolute atomic E-state index is 0.0410. The van der Waals surface area contributed by atoms with E-state index in [-0.39, 0.29) is 33.8 Å². The van der Waals surface area contributed by atoms with Crippen molar-refractivity contribution in [1.82, 2.24) is 4.98 Å². The molecule has 0 N–H and O–H groups in total. The van der Waals surface area contributed by atoms with Crippen molar-refractivity contribution in [3.05, 3.63) is 143 Å². The maximum atomic E-state index is 6.80. The highest BCUT2D eigenvalue weighted by Gasteiger charge is 2.44. The fourth-order valence-corrected chi connectivity index (χ4v) is 9.33. The molecule has 3 heterocycles. The monoisotopic (exact) mass is 818 g/mol. The fourth-order valence-electron chi connectivity index (χ4n) is 9.33. The van der Waals surface area contributed by atoms with E-state index in [1.165, 1.54) is 61.3 Å².